The number of aromatic nitrogens is 1. The molecule has 82 valence electrons. The minimum absolute atomic E-state index is 0.0907. The highest BCUT2D eigenvalue weighted by Crippen LogP contribution is 2.08. The summed E-state index contributed by atoms with van der Waals surface area (Å²) in [6.45, 7) is 4.60. The number of hydrogen-bond donors (Lipinski definition) is 2. The zero-order valence-electron chi connectivity index (χ0n) is 9.14. The lowest BCUT2D eigenvalue weighted by Gasteiger charge is -2.14. The van der Waals surface area contributed by atoms with E-state index in [1.807, 2.05) is 26.0 Å². The molecular weight excluding hydrogens is 190 g/mol. The fourth-order valence-electron chi connectivity index (χ4n) is 0.899. The second kappa shape index (κ2) is 5.46. The molecule has 1 heterocycles. The second-order valence-electron chi connectivity index (χ2n) is 4.10. The molecule has 0 aliphatic carbocycles. The monoisotopic (exact) mass is 207 g/mol. The van der Waals surface area contributed by atoms with Crippen LogP contribution in [0.5, 0.6) is 0 Å². The number of aliphatic hydroxyl groups excluding tert-OH is 1. The van der Waals surface area contributed by atoms with Gasteiger partial charge in [-0.2, -0.15) is 5.10 Å². The van der Waals surface area contributed by atoms with Crippen molar-refractivity contribution in [2.24, 2.45) is 10.5 Å². The predicted octanol–water partition coefficient (Wildman–Crippen LogP) is 1.18. The van der Waals surface area contributed by atoms with E-state index in [1.54, 1.807) is 18.6 Å². The molecule has 2 N–H and O–H groups in total. The van der Waals surface area contributed by atoms with Gasteiger partial charge in [0, 0.05) is 24.0 Å². The molecular formula is C11H17N3O. The average Bonchev–Trinajstić information content (AvgIpc) is 2.26. The minimum atomic E-state index is -0.273. The zero-order valence-corrected chi connectivity index (χ0v) is 9.14. The van der Waals surface area contributed by atoms with Crippen LogP contribution in [-0.2, 0) is 6.54 Å². The van der Waals surface area contributed by atoms with E-state index in [2.05, 4.69) is 15.5 Å². The van der Waals surface area contributed by atoms with Crippen LogP contribution in [-0.4, -0.2) is 22.9 Å². The van der Waals surface area contributed by atoms with Gasteiger partial charge in [-0.15, -0.1) is 0 Å². The van der Waals surface area contributed by atoms with Crippen molar-refractivity contribution in [2.45, 2.75) is 20.4 Å². The fraction of sp³-hybridized carbons (Fsp3) is 0.455. The van der Waals surface area contributed by atoms with Crippen LogP contribution in [0.3, 0.4) is 0 Å². The highest BCUT2D eigenvalue weighted by atomic mass is 16.3. The Labute approximate surface area is 90.1 Å². The summed E-state index contributed by atoms with van der Waals surface area (Å²) in [6, 6.07) is 3.86. The standard InChI is InChI=1S/C11H17N3O/c1-11(2,9-15)8-14-13-7-10-3-5-12-6-4-10/h3-6,8,13,15H,7,9H2,1-2H3. The molecule has 1 aromatic heterocycles. The van der Waals surface area contributed by atoms with E-state index in [0.717, 1.165) is 5.56 Å². The van der Waals surface area contributed by atoms with Crippen molar-refractivity contribution in [1.82, 2.24) is 10.4 Å². The van der Waals surface area contributed by atoms with Gasteiger partial charge in [0.25, 0.3) is 0 Å². The molecule has 1 aromatic rings. The third-order valence-electron chi connectivity index (χ3n) is 1.95. The quantitative estimate of drug-likeness (QED) is 0.563. The van der Waals surface area contributed by atoms with Crippen molar-refractivity contribution in [3.63, 3.8) is 0 Å². The summed E-state index contributed by atoms with van der Waals surface area (Å²) in [5.74, 6) is 0. The minimum Gasteiger partial charge on any atom is -0.395 e. The number of nitrogens with one attached hydrogen (secondary N) is 1. The van der Waals surface area contributed by atoms with Gasteiger partial charge in [0.2, 0.25) is 0 Å². The van der Waals surface area contributed by atoms with E-state index in [1.165, 1.54) is 0 Å². The van der Waals surface area contributed by atoms with Crippen LogP contribution in [0.15, 0.2) is 29.6 Å². The van der Waals surface area contributed by atoms with Gasteiger partial charge in [0.1, 0.15) is 0 Å². The summed E-state index contributed by atoms with van der Waals surface area (Å²) >= 11 is 0. The van der Waals surface area contributed by atoms with Crippen LogP contribution in [0.25, 0.3) is 0 Å². The maximum Gasteiger partial charge on any atom is 0.0581 e. The number of pyridine rings is 1. The lowest BCUT2D eigenvalue weighted by atomic mass is 9.97. The zero-order chi connectivity index (χ0) is 11.1. The fourth-order valence-corrected chi connectivity index (χ4v) is 0.899. The Morgan fingerprint density at radius 2 is 2.13 bits per heavy atom. The van der Waals surface area contributed by atoms with E-state index >= 15 is 0 Å². The van der Waals surface area contributed by atoms with Gasteiger partial charge in [-0.05, 0) is 17.7 Å². The Morgan fingerprint density at radius 1 is 1.47 bits per heavy atom. The summed E-state index contributed by atoms with van der Waals surface area (Å²) < 4.78 is 0. The Balaban J connectivity index is 2.34. The largest absolute Gasteiger partial charge is 0.395 e. The number of hydrazone groups is 1. The highest BCUT2D eigenvalue weighted by molar-refractivity contribution is 5.64. The van der Waals surface area contributed by atoms with Crippen LogP contribution in [0, 0.1) is 5.41 Å². The van der Waals surface area contributed by atoms with E-state index in [0.29, 0.717) is 6.54 Å². The average molecular weight is 207 g/mol. The maximum atomic E-state index is 8.98. The Morgan fingerprint density at radius 3 is 2.73 bits per heavy atom. The van der Waals surface area contributed by atoms with Gasteiger partial charge < -0.3 is 10.5 Å². The SMILES string of the molecule is CC(C)(C=NNCc1ccncc1)CO. The lowest BCUT2D eigenvalue weighted by Crippen LogP contribution is -2.20. The first-order valence-electron chi connectivity index (χ1n) is 4.91. The van der Waals surface area contributed by atoms with E-state index in [4.69, 9.17) is 5.11 Å². The second-order valence-corrected chi connectivity index (χ2v) is 4.10. The van der Waals surface area contributed by atoms with Crippen molar-refractivity contribution in [2.75, 3.05) is 6.61 Å². The first-order chi connectivity index (χ1) is 7.14. The van der Waals surface area contributed by atoms with Gasteiger partial charge in [-0.25, -0.2) is 0 Å². The molecule has 4 nitrogen and oxygen atoms in total. The van der Waals surface area contributed by atoms with Gasteiger partial charge in [0.15, 0.2) is 0 Å². The summed E-state index contributed by atoms with van der Waals surface area (Å²) in [6.07, 6.45) is 5.21. The van der Waals surface area contributed by atoms with Crippen molar-refractivity contribution >= 4 is 6.21 Å². The summed E-state index contributed by atoms with van der Waals surface area (Å²) in [5.41, 5.74) is 3.78. The Bertz CT molecular complexity index is 309. The van der Waals surface area contributed by atoms with Crippen LogP contribution >= 0.6 is 0 Å². The maximum absolute atomic E-state index is 8.98. The molecule has 0 saturated carbocycles. The molecule has 0 atom stereocenters. The molecule has 0 saturated heterocycles. The van der Waals surface area contributed by atoms with Gasteiger partial charge in [-0.3, -0.25) is 4.98 Å². The van der Waals surface area contributed by atoms with Gasteiger partial charge in [-0.1, -0.05) is 13.8 Å². The first kappa shape index (κ1) is 11.7. The van der Waals surface area contributed by atoms with Crippen molar-refractivity contribution in [3.05, 3.63) is 30.1 Å². The number of rotatable bonds is 5. The van der Waals surface area contributed by atoms with E-state index < -0.39 is 0 Å². The Kier molecular flexibility index (Phi) is 4.24. The third kappa shape index (κ3) is 4.56. The third-order valence-corrected chi connectivity index (χ3v) is 1.95. The van der Waals surface area contributed by atoms with Crippen LogP contribution < -0.4 is 5.43 Å². The highest BCUT2D eigenvalue weighted by Gasteiger charge is 2.12. The number of nitrogens with zero attached hydrogens (tertiary/aromatic N) is 2. The molecule has 0 aromatic carbocycles. The molecule has 0 spiro atoms. The van der Waals surface area contributed by atoms with Crippen molar-refractivity contribution in [3.8, 4) is 0 Å². The van der Waals surface area contributed by atoms with E-state index in [-0.39, 0.29) is 12.0 Å². The molecule has 0 amide bonds. The molecule has 0 fully saturated rings. The molecule has 0 bridgehead atoms. The Hall–Kier alpha value is -1.42. The number of hydrogen-bond acceptors (Lipinski definition) is 4. The van der Waals surface area contributed by atoms with Crippen LogP contribution in [0.4, 0.5) is 0 Å². The molecule has 0 aliphatic rings. The molecule has 0 unspecified atom stereocenters. The predicted molar refractivity (Wildman–Crippen MR) is 60.4 cm³/mol. The summed E-state index contributed by atoms with van der Waals surface area (Å²) in [4.78, 5) is 3.93. The van der Waals surface area contributed by atoms with Gasteiger partial charge >= 0.3 is 0 Å². The summed E-state index contributed by atoms with van der Waals surface area (Å²) in [5, 5.41) is 13.0. The summed E-state index contributed by atoms with van der Waals surface area (Å²) in [7, 11) is 0. The van der Waals surface area contributed by atoms with Crippen molar-refractivity contribution < 1.29 is 5.11 Å². The molecule has 4 heteroatoms. The topological polar surface area (TPSA) is 57.5 Å². The molecule has 0 radical (unpaired) electrons. The first-order valence-corrected chi connectivity index (χ1v) is 4.91. The number of aliphatic hydroxyl groups is 1. The molecule has 1 rings (SSSR count). The normalized spacial score (nSPS) is 11.9. The lowest BCUT2D eigenvalue weighted by molar-refractivity contribution is 0.216. The van der Waals surface area contributed by atoms with Crippen LogP contribution in [0.1, 0.15) is 19.4 Å². The van der Waals surface area contributed by atoms with E-state index in [9.17, 15) is 0 Å². The van der Waals surface area contributed by atoms with Crippen molar-refractivity contribution in [1.29, 1.82) is 0 Å². The van der Waals surface area contributed by atoms with Crippen LogP contribution in [0.2, 0.25) is 0 Å². The smallest absolute Gasteiger partial charge is 0.0581 e. The molecule has 0 aliphatic heterocycles. The molecule has 15 heavy (non-hydrogen) atoms. The van der Waals surface area contributed by atoms with Gasteiger partial charge in [0.05, 0.1) is 13.2 Å².